The van der Waals surface area contributed by atoms with Crippen molar-refractivity contribution in [2.75, 3.05) is 18.5 Å². The van der Waals surface area contributed by atoms with Crippen molar-refractivity contribution in [1.82, 2.24) is 15.1 Å². The standard InChI is InChI=1S/C19H23ClN4O3S/c1-19(2,3)24-11-12(10-16(24)25)17(26)21-18-23-22-15(28-18)8-9-27-14-6-4-13(20)5-7-14/h4-7,12H,8-11H2,1-3H3,(H,21,23,26). The number of likely N-dealkylation sites (tertiary alicyclic amines) is 1. The lowest BCUT2D eigenvalue weighted by Crippen LogP contribution is -2.42. The lowest BCUT2D eigenvalue weighted by atomic mass is 10.1. The molecule has 2 amide bonds. The Balaban J connectivity index is 1.48. The van der Waals surface area contributed by atoms with Crippen molar-refractivity contribution in [2.24, 2.45) is 5.92 Å². The minimum Gasteiger partial charge on any atom is -0.493 e. The molecule has 0 saturated carbocycles. The molecule has 28 heavy (non-hydrogen) atoms. The van der Waals surface area contributed by atoms with Crippen LogP contribution in [0.3, 0.4) is 0 Å². The van der Waals surface area contributed by atoms with Crippen LogP contribution in [0.25, 0.3) is 0 Å². The van der Waals surface area contributed by atoms with Gasteiger partial charge < -0.3 is 15.0 Å². The predicted octanol–water partition coefficient (Wildman–Crippen LogP) is 3.40. The van der Waals surface area contributed by atoms with Crippen LogP contribution in [0.4, 0.5) is 5.13 Å². The molecular weight excluding hydrogens is 400 g/mol. The number of ether oxygens (including phenoxy) is 1. The van der Waals surface area contributed by atoms with Gasteiger partial charge in [-0.25, -0.2) is 0 Å². The second kappa shape index (κ2) is 8.45. The number of hydrogen-bond acceptors (Lipinski definition) is 6. The van der Waals surface area contributed by atoms with Gasteiger partial charge in [0.05, 0.1) is 12.5 Å². The smallest absolute Gasteiger partial charge is 0.231 e. The summed E-state index contributed by atoms with van der Waals surface area (Å²) in [5, 5.41) is 12.7. The molecule has 1 atom stereocenters. The fourth-order valence-corrected chi connectivity index (χ4v) is 3.78. The van der Waals surface area contributed by atoms with E-state index in [1.54, 1.807) is 29.2 Å². The molecule has 9 heteroatoms. The van der Waals surface area contributed by atoms with Gasteiger partial charge >= 0.3 is 0 Å². The van der Waals surface area contributed by atoms with Gasteiger partial charge in [-0.1, -0.05) is 22.9 Å². The number of nitrogens with zero attached hydrogens (tertiary/aromatic N) is 3. The highest BCUT2D eigenvalue weighted by atomic mass is 35.5. The molecule has 2 aromatic rings. The number of benzene rings is 1. The molecule has 150 valence electrons. The number of nitrogens with one attached hydrogen (secondary N) is 1. The molecular formula is C19H23ClN4O3S. The number of hydrogen-bond donors (Lipinski definition) is 1. The lowest BCUT2D eigenvalue weighted by Gasteiger charge is -2.31. The number of carbonyl (C=O) groups is 2. The van der Waals surface area contributed by atoms with Crippen molar-refractivity contribution < 1.29 is 14.3 Å². The van der Waals surface area contributed by atoms with Gasteiger partial charge in [-0.15, -0.1) is 10.2 Å². The van der Waals surface area contributed by atoms with Crippen molar-refractivity contribution in [1.29, 1.82) is 0 Å². The lowest BCUT2D eigenvalue weighted by molar-refractivity contribution is -0.131. The Bertz CT molecular complexity index is 848. The number of rotatable bonds is 6. The summed E-state index contributed by atoms with van der Waals surface area (Å²) >= 11 is 7.15. The van der Waals surface area contributed by atoms with E-state index in [0.717, 1.165) is 10.8 Å². The Morgan fingerprint density at radius 3 is 2.68 bits per heavy atom. The largest absolute Gasteiger partial charge is 0.493 e. The molecule has 0 aliphatic carbocycles. The van der Waals surface area contributed by atoms with Crippen LogP contribution in [0.15, 0.2) is 24.3 Å². The highest BCUT2D eigenvalue weighted by Crippen LogP contribution is 2.27. The van der Waals surface area contributed by atoms with Gasteiger partial charge in [0.15, 0.2) is 0 Å². The van der Waals surface area contributed by atoms with E-state index < -0.39 is 0 Å². The first-order valence-electron chi connectivity index (χ1n) is 9.04. The fourth-order valence-electron chi connectivity index (χ4n) is 2.93. The minimum atomic E-state index is -0.368. The summed E-state index contributed by atoms with van der Waals surface area (Å²) in [5.41, 5.74) is -0.286. The van der Waals surface area contributed by atoms with Crippen molar-refractivity contribution in [3.8, 4) is 5.75 Å². The first kappa shape index (κ1) is 20.5. The van der Waals surface area contributed by atoms with Crippen molar-refractivity contribution in [2.45, 2.75) is 39.2 Å². The number of halogens is 1. The van der Waals surface area contributed by atoms with Gasteiger partial charge in [0.2, 0.25) is 16.9 Å². The summed E-state index contributed by atoms with van der Waals surface area (Å²) in [7, 11) is 0. The highest BCUT2D eigenvalue weighted by molar-refractivity contribution is 7.15. The molecule has 1 fully saturated rings. The number of aromatic nitrogens is 2. The number of carbonyl (C=O) groups excluding carboxylic acids is 2. The van der Waals surface area contributed by atoms with Crippen LogP contribution in [-0.2, 0) is 16.0 Å². The van der Waals surface area contributed by atoms with Gasteiger partial charge in [0.1, 0.15) is 10.8 Å². The fraction of sp³-hybridized carbons (Fsp3) is 0.474. The molecule has 1 aliphatic heterocycles. The molecule has 1 aromatic heterocycles. The maximum absolute atomic E-state index is 12.5. The van der Waals surface area contributed by atoms with Gasteiger partial charge in [-0.2, -0.15) is 0 Å². The van der Waals surface area contributed by atoms with E-state index in [9.17, 15) is 9.59 Å². The normalized spacial score (nSPS) is 17.1. The molecule has 0 radical (unpaired) electrons. The molecule has 1 saturated heterocycles. The van der Waals surface area contributed by atoms with E-state index in [4.69, 9.17) is 16.3 Å². The zero-order valence-corrected chi connectivity index (χ0v) is 17.6. The maximum atomic E-state index is 12.5. The van der Waals surface area contributed by atoms with Crippen LogP contribution in [0.2, 0.25) is 5.02 Å². The molecule has 1 aliphatic rings. The summed E-state index contributed by atoms with van der Waals surface area (Å²) in [6.45, 7) is 6.77. The monoisotopic (exact) mass is 422 g/mol. The SMILES string of the molecule is CC(C)(C)N1CC(C(=O)Nc2nnc(CCOc3ccc(Cl)cc3)s2)CC1=O. The van der Waals surface area contributed by atoms with E-state index >= 15 is 0 Å². The zero-order chi connectivity index (χ0) is 20.3. The Labute approximate surface area is 173 Å². The Morgan fingerprint density at radius 1 is 1.32 bits per heavy atom. The van der Waals surface area contributed by atoms with E-state index in [0.29, 0.717) is 29.7 Å². The quantitative estimate of drug-likeness (QED) is 0.771. The second-order valence-electron chi connectivity index (χ2n) is 7.62. The third-order valence-electron chi connectivity index (χ3n) is 4.40. The average Bonchev–Trinajstić information content (AvgIpc) is 3.23. The van der Waals surface area contributed by atoms with Crippen LogP contribution < -0.4 is 10.1 Å². The average molecular weight is 423 g/mol. The Hall–Kier alpha value is -2.19. The number of amides is 2. The summed E-state index contributed by atoms with van der Waals surface area (Å²) in [6, 6.07) is 7.14. The molecule has 7 nitrogen and oxygen atoms in total. The van der Waals surface area contributed by atoms with Crippen LogP contribution in [0.1, 0.15) is 32.2 Å². The second-order valence-corrected chi connectivity index (χ2v) is 9.12. The topological polar surface area (TPSA) is 84.4 Å². The van der Waals surface area contributed by atoms with Crippen LogP contribution >= 0.6 is 22.9 Å². The first-order chi connectivity index (χ1) is 13.2. The Morgan fingerprint density at radius 2 is 2.04 bits per heavy atom. The van der Waals surface area contributed by atoms with Crippen molar-refractivity contribution >= 4 is 39.9 Å². The minimum absolute atomic E-state index is 0.00458. The zero-order valence-electron chi connectivity index (χ0n) is 16.1. The van der Waals surface area contributed by atoms with Crippen LogP contribution in [-0.4, -0.2) is 45.6 Å². The molecule has 0 spiro atoms. The summed E-state index contributed by atoms with van der Waals surface area (Å²) in [4.78, 5) is 26.4. The van der Waals surface area contributed by atoms with E-state index in [-0.39, 0.29) is 29.7 Å². The van der Waals surface area contributed by atoms with Crippen molar-refractivity contribution in [3.05, 3.63) is 34.3 Å². The van der Waals surface area contributed by atoms with Gasteiger partial charge in [-0.05, 0) is 45.0 Å². The number of anilines is 1. The summed E-state index contributed by atoms with van der Waals surface area (Å²) in [5.74, 6) is 0.175. The van der Waals surface area contributed by atoms with Gasteiger partial charge in [0, 0.05) is 29.9 Å². The summed E-state index contributed by atoms with van der Waals surface area (Å²) in [6.07, 6.45) is 0.805. The third kappa shape index (κ3) is 5.20. The predicted molar refractivity (Wildman–Crippen MR) is 109 cm³/mol. The van der Waals surface area contributed by atoms with E-state index in [2.05, 4.69) is 15.5 Å². The molecule has 1 unspecified atom stereocenters. The van der Waals surface area contributed by atoms with E-state index in [1.807, 2.05) is 20.8 Å². The third-order valence-corrected chi connectivity index (χ3v) is 5.55. The van der Waals surface area contributed by atoms with Crippen molar-refractivity contribution in [3.63, 3.8) is 0 Å². The molecule has 1 N–H and O–H groups in total. The van der Waals surface area contributed by atoms with Crippen LogP contribution in [0, 0.1) is 5.92 Å². The molecule has 3 rings (SSSR count). The Kier molecular flexibility index (Phi) is 6.20. The maximum Gasteiger partial charge on any atom is 0.231 e. The van der Waals surface area contributed by atoms with E-state index in [1.165, 1.54) is 11.3 Å². The molecule has 1 aromatic carbocycles. The summed E-state index contributed by atoms with van der Waals surface area (Å²) < 4.78 is 5.64. The highest BCUT2D eigenvalue weighted by Gasteiger charge is 2.39. The van der Waals surface area contributed by atoms with Crippen LogP contribution in [0.5, 0.6) is 5.75 Å². The first-order valence-corrected chi connectivity index (χ1v) is 10.2. The van der Waals surface area contributed by atoms with Gasteiger partial charge in [-0.3, -0.25) is 9.59 Å². The molecule has 0 bridgehead atoms. The van der Waals surface area contributed by atoms with Gasteiger partial charge in [0.25, 0.3) is 0 Å². The molecule has 2 heterocycles.